The van der Waals surface area contributed by atoms with Gasteiger partial charge in [-0.25, -0.2) is 18.0 Å². The van der Waals surface area contributed by atoms with Crippen LogP contribution in [0.4, 0.5) is 28.8 Å². The van der Waals surface area contributed by atoms with Gasteiger partial charge < -0.3 is 19.1 Å². The fourth-order valence-corrected chi connectivity index (χ4v) is 9.71. The highest BCUT2D eigenvalue weighted by atomic mass is 35.5. The number of nitrogens with zero attached hydrogens (tertiary/aromatic N) is 5. The Bertz CT molecular complexity index is 2150. The van der Waals surface area contributed by atoms with E-state index in [1.807, 2.05) is 0 Å². The number of carbonyl (C=O) groups excluding carboxylic acids is 1. The van der Waals surface area contributed by atoms with Gasteiger partial charge in [0.2, 0.25) is 0 Å². The molecule has 6 heterocycles. The Balaban J connectivity index is 1.31. The zero-order chi connectivity index (χ0) is 36.5. The molecule has 0 aliphatic carbocycles. The first-order valence-electron chi connectivity index (χ1n) is 17.7. The van der Waals surface area contributed by atoms with Crippen LogP contribution in [0.2, 0.25) is 5.02 Å². The minimum atomic E-state index is -0.950. The molecular formula is C37H38ClF3N6O4S. The van der Waals surface area contributed by atoms with Crippen LogP contribution in [-0.2, 0) is 4.74 Å². The van der Waals surface area contributed by atoms with E-state index in [-0.39, 0.29) is 73.3 Å². The lowest BCUT2D eigenvalue weighted by molar-refractivity contribution is 0.0636. The molecular weight excluding hydrogens is 717 g/mol. The maximum Gasteiger partial charge on any atom is 0.412 e. The van der Waals surface area contributed by atoms with Gasteiger partial charge in [-0.15, -0.1) is 11.3 Å². The summed E-state index contributed by atoms with van der Waals surface area (Å²) in [5.74, 6) is -0.870. The number of fused-ring (bicyclic) bond motifs is 4. The monoisotopic (exact) mass is 754 g/mol. The SMILES string of the molecule is CC(C)(C)OC(=O)Nc1sc2c(F)ccc(-c3c(Cl)c4c5c(nc(OCC67CCCN6C[C@H](F)C7)nc5c3F)N3CCCCCC3CO4)c2c1C#N. The molecule has 4 aliphatic heterocycles. The summed E-state index contributed by atoms with van der Waals surface area (Å²) in [6.07, 6.45) is 4.02. The van der Waals surface area contributed by atoms with Crippen LogP contribution in [0.25, 0.3) is 32.1 Å². The molecule has 3 fully saturated rings. The molecule has 8 rings (SSSR count). The number of carbonyl (C=O) groups is 1. The van der Waals surface area contributed by atoms with Crippen molar-refractivity contribution in [2.45, 2.75) is 89.1 Å². The van der Waals surface area contributed by atoms with Crippen molar-refractivity contribution >= 4 is 60.8 Å². The molecule has 0 bridgehead atoms. The van der Waals surface area contributed by atoms with Crippen LogP contribution in [0.1, 0.15) is 71.3 Å². The average Bonchev–Trinajstić information content (AvgIpc) is 3.62. The van der Waals surface area contributed by atoms with E-state index >= 15 is 8.78 Å². The zero-order valence-corrected chi connectivity index (χ0v) is 30.7. The van der Waals surface area contributed by atoms with Gasteiger partial charge in [-0.2, -0.15) is 15.2 Å². The molecule has 2 aromatic heterocycles. The summed E-state index contributed by atoms with van der Waals surface area (Å²) in [5, 5.41) is 13.2. The number of anilines is 2. The molecule has 4 aromatic rings. The highest BCUT2D eigenvalue weighted by Crippen LogP contribution is 2.52. The summed E-state index contributed by atoms with van der Waals surface area (Å²) < 4.78 is 65.6. The smallest absolute Gasteiger partial charge is 0.412 e. The lowest BCUT2D eigenvalue weighted by Gasteiger charge is -2.31. The van der Waals surface area contributed by atoms with Gasteiger partial charge in [0.15, 0.2) is 11.6 Å². The number of rotatable bonds is 5. The summed E-state index contributed by atoms with van der Waals surface area (Å²) in [6, 6.07) is 4.47. The highest BCUT2D eigenvalue weighted by Gasteiger charge is 2.49. The minimum Gasteiger partial charge on any atom is -0.489 e. The second kappa shape index (κ2) is 13.1. The van der Waals surface area contributed by atoms with Gasteiger partial charge in [0.1, 0.15) is 53.2 Å². The van der Waals surface area contributed by atoms with Crippen molar-refractivity contribution in [2.75, 3.05) is 43.1 Å². The standard InChI is InChI=1S/C37H38ClF3N6O4S/c1-36(2,3)51-35(48)45-33-22(15-42)24-21(9-10-23(40)31(24)52-33)25-27(38)30-26-29(28(25)41)43-34(50-18-37-11-7-12-46(37)16-19(39)14-37)44-32(26)47-13-6-4-5-8-20(47)17-49-30/h9-10,19-20H,4-8,11-14,16-18H2,1-3H3,(H,45,48)/t19-,20?,37?/m1/s1. The van der Waals surface area contributed by atoms with E-state index in [1.54, 1.807) is 20.8 Å². The van der Waals surface area contributed by atoms with Gasteiger partial charge in [0.25, 0.3) is 0 Å². The van der Waals surface area contributed by atoms with Crippen LogP contribution in [-0.4, -0.2) is 77.2 Å². The van der Waals surface area contributed by atoms with Crippen molar-refractivity contribution in [3.63, 3.8) is 0 Å². The molecule has 2 aromatic carbocycles. The van der Waals surface area contributed by atoms with Crippen LogP contribution < -0.4 is 19.7 Å². The van der Waals surface area contributed by atoms with Crippen molar-refractivity contribution in [3.05, 3.63) is 34.4 Å². The Labute approximate surface area is 307 Å². The first-order chi connectivity index (χ1) is 24.9. The Morgan fingerprint density at radius 2 is 2.02 bits per heavy atom. The van der Waals surface area contributed by atoms with E-state index in [2.05, 4.69) is 26.2 Å². The lowest BCUT2D eigenvalue weighted by Crippen LogP contribution is -2.43. The van der Waals surface area contributed by atoms with Crippen LogP contribution >= 0.6 is 22.9 Å². The maximum absolute atomic E-state index is 17.4. The molecule has 0 spiro atoms. The van der Waals surface area contributed by atoms with Crippen LogP contribution in [0, 0.1) is 23.0 Å². The Morgan fingerprint density at radius 1 is 1.19 bits per heavy atom. The summed E-state index contributed by atoms with van der Waals surface area (Å²) >= 11 is 7.96. The Hall–Kier alpha value is -4.06. The van der Waals surface area contributed by atoms with Gasteiger partial charge in [0.05, 0.1) is 32.3 Å². The first-order valence-corrected chi connectivity index (χ1v) is 18.9. The molecule has 52 heavy (non-hydrogen) atoms. The number of hydrogen-bond acceptors (Lipinski definition) is 10. The molecule has 15 heteroatoms. The van der Waals surface area contributed by atoms with Crippen molar-refractivity contribution in [3.8, 4) is 29.0 Å². The van der Waals surface area contributed by atoms with E-state index < -0.39 is 35.0 Å². The number of hydrogen-bond donors (Lipinski definition) is 1. The lowest BCUT2D eigenvalue weighted by atomic mass is 9.95. The largest absolute Gasteiger partial charge is 0.489 e. The number of amides is 1. The van der Waals surface area contributed by atoms with Crippen LogP contribution in [0.15, 0.2) is 12.1 Å². The minimum absolute atomic E-state index is 0.0198. The third-order valence-corrected chi connectivity index (χ3v) is 12.0. The Morgan fingerprint density at radius 3 is 2.81 bits per heavy atom. The van der Waals surface area contributed by atoms with Crippen LogP contribution in [0.3, 0.4) is 0 Å². The topological polar surface area (TPSA) is 113 Å². The van der Waals surface area contributed by atoms with E-state index in [0.717, 1.165) is 56.4 Å². The second-order valence-electron chi connectivity index (χ2n) is 15.1. The number of ether oxygens (including phenoxy) is 3. The van der Waals surface area contributed by atoms with E-state index in [9.17, 15) is 14.4 Å². The van der Waals surface area contributed by atoms with Crippen molar-refractivity contribution in [1.82, 2.24) is 14.9 Å². The summed E-state index contributed by atoms with van der Waals surface area (Å²) in [6.45, 7) is 7.29. The number of benzene rings is 2. The van der Waals surface area contributed by atoms with Crippen LogP contribution in [0.5, 0.6) is 11.8 Å². The fourth-order valence-electron chi connectivity index (χ4n) is 8.31. The number of aromatic nitrogens is 2. The van der Waals surface area contributed by atoms with Gasteiger partial charge >= 0.3 is 12.1 Å². The third kappa shape index (κ3) is 5.94. The van der Waals surface area contributed by atoms with Gasteiger partial charge in [-0.3, -0.25) is 10.2 Å². The maximum atomic E-state index is 17.4. The molecule has 3 atom stereocenters. The normalized spacial score (nSPS) is 23.1. The van der Waals surface area contributed by atoms with Crippen molar-refractivity contribution in [2.24, 2.45) is 0 Å². The molecule has 4 aliphatic rings. The van der Waals surface area contributed by atoms with E-state index in [0.29, 0.717) is 30.7 Å². The fraction of sp³-hybridized carbons (Fsp3) is 0.514. The first kappa shape index (κ1) is 35.0. The predicted octanol–water partition coefficient (Wildman–Crippen LogP) is 8.76. The molecule has 0 saturated carbocycles. The Kier molecular flexibility index (Phi) is 8.82. The molecule has 2 unspecified atom stereocenters. The quantitative estimate of drug-likeness (QED) is 0.214. The number of halogens is 4. The molecule has 274 valence electrons. The van der Waals surface area contributed by atoms with E-state index in [4.69, 9.17) is 30.8 Å². The zero-order valence-electron chi connectivity index (χ0n) is 29.1. The highest BCUT2D eigenvalue weighted by molar-refractivity contribution is 7.23. The summed E-state index contributed by atoms with van der Waals surface area (Å²) in [5.41, 5.74) is -1.51. The number of alkyl halides is 1. The van der Waals surface area contributed by atoms with Gasteiger partial charge in [-0.1, -0.05) is 30.5 Å². The molecule has 1 amide bonds. The molecule has 10 nitrogen and oxygen atoms in total. The van der Waals surface area contributed by atoms with Gasteiger partial charge in [0, 0.05) is 30.5 Å². The number of nitrogens with one attached hydrogen (secondary N) is 1. The van der Waals surface area contributed by atoms with Gasteiger partial charge in [-0.05, 0) is 64.6 Å². The third-order valence-electron chi connectivity index (χ3n) is 10.5. The molecule has 3 saturated heterocycles. The van der Waals surface area contributed by atoms with E-state index in [1.165, 1.54) is 12.1 Å². The van der Waals surface area contributed by atoms with Crippen molar-refractivity contribution in [1.29, 1.82) is 5.26 Å². The summed E-state index contributed by atoms with van der Waals surface area (Å²) in [4.78, 5) is 26.5. The summed E-state index contributed by atoms with van der Waals surface area (Å²) in [7, 11) is 0. The van der Waals surface area contributed by atoms with Crippen molar-refractivity contribution < 1.29 is 32.2 Å². The second-order valence-corrected chi connectivity index (χ2v) is 16.5. The predicted molar refractivity (Wildman–Crippen MR) is 193 cm³/mol. The number of thiophene rings is 1. The molecule has 0 radical (unpaired) electrons. The average molecular weight is 755 g/mol. The number of nitriles is 1. The molecule has 1 N–H and O–H groups in total.